The molecule has 2 aliphatic carbocycles. The van der Waals surface area contributed by atoms with E-state index in [1.807, 2.05) is 0 Å². The zero-order chi connectivity index (χ0) is 20.1. The minimum absolute atomic E-state index is 0.316. The van der Waals surface area contributed by atoms with Crippen molar-refractivity contribution in [2.45, 2.75) is 39.0 Å². The van der Waals surface area contributed by atoms with Gasteiger partial charge in [-0.05, 0) is 67.0 Å². The molecule has 1 spiro atoms. The molecule has 3 aliphatic rings. The molecular formula is C25H29NO3. The van der Waals surface area contributed by atoms with Gasteiger partial charge < -0.3 is 14.7 Å². The second-order valence-corrected chi connectivity index (χ2v) is 9.54. The predicted octanol–water partition coefficient (Wildman–Crippen LogP) is 3.88. The number of carboxylic acid groups (broad SMARTS) is 1. The van der Waals surface area contributed by atoms with Crippen LogP contribution in [-0.2, 0) is 24.1 Å². The minimum atomic E-state index is -0.611. The van der Waals surface area contributed by atoms with Gasteiger partial charge in [-0.2, -0.15) is 0 Å². The van der Waals surface area contributed by atoms with Crippen LogP contribution >= 0.6 is 0 Å². The van der Waals surface area contributed by atoms with Crippen molar-refractivity contribution in [2.75, 3.05) is 26.2 Å². The third kappa shape index (κ3) is 3.55. The molecule has 1 saturated heterocycles. The van der Waals surface area contributed by atoms with Crippen LogP contribution in [-0.4, -0.2) is 42.2 Å². The maximum atomic E-state index is 11.4. The quantitative estimate of drug-likeness (QED) is 0.778. The number of likely N-dealkylation sites (tertiary alicyclic amines) is 1. The Morgan fingerprint density at radius 2 is 1.86 bits per heavy atom. The Kier molecular flexibility index (Phi) is 4.43. The zero-order valence-corrected chi connectivity index (χ0v) is 17.1. The van der Waals surface area contributed by atoms with Crippen LogP contribution in [0.3, 0.4) is 0 Å². The molecule has 5 rings (SSSR count). The summed E-state index contributed by atoms with van der Waals surface area (Å²) in [6, 6.07) is 15.0. The van der Waals surface area contributed by atoms with E-state index in [2.05, 4.69) is 54.3 Å². The summed E-state index contributed by atoms with van der Waals surface area (Å²) in [6.45, 7) is 5.63. The molecule has 1 aliphatic heterocycles. The largest absolute Gasteiger partial charge is 0.493 e. The van der Waals surface area contributed by atoms with Gasteiger partial charge in [-0.3, -0.25) is 4.79 Å². The topological polar surface area (TPSA) is 49.8 Å². The fourth-order valence-corrected chi connectivity index (χ4v) is 5.33. The summed E-state index contributed by atoms with van der Waals surface area (Å²) in [5.74, 6) is 0.356. The second kappa shape index (κ2) is 6.88. The molecule has 152 valence electrons. The summed E-state index contributed by atoms with van der Waals surface area (Å²) in [7, 11) is 0. The molecule has 2 aromatic carbocycles. The lowest BCUT2D eigenvalue weighted by Crippen LogP contribution is -2.58. The molecular weight excluding hydrogens is 362 g/mol. The molecule has 29 heavy (non-hydrogen) atoms. The van der Waals surface area contributed by atoms with Crippen LogP contribution in [0.15, 0.2) is 42.5 Å². The number of aliphatic carboxylic acids is 1. The molecule has 4 heteroatoms. The van der Waals surface area contributed by atoms with E-state index >= 15 is 0 Å². The Bertz CT molecular complexity index is 941. The van der Waals surface area contributed by atoms with E-state index in [0.29, 0.717) is 12.0 Å². The number of aryl methyl sites for hydroxylation is 1. The monoisotopic (exact) mass is 391 g/mol. The van der Waals surface area contributed by atoms with Crippen molar-refractivity contribution < 1.29 is 14.6 Å². The zero-order valence-electron chi connectivity index (χ0n) is 17.1. The van der Waals surface area contributed by atoms with Crippen LogP contribution in [0.2, 0.25) is 0 Å². The number of hydrogen-bond donors (Lipinski definition) is 1. The van der Waals surface area contributed by atoms with Crippen LogP contribution in [0.5, 0.6) is 5.75 Å². The average Bonchev–Trinajstić information content (AvgIpc) is 3.35. The Labute approximate surface area is 172 Å². The third-order valence-electron chi connectivity index (χ3n) is 7.16. The van der Waals surface area contributed by atoms with Gasteiger partial charge in [-0.25, -0.2) is 0 Å². The predicted molar refractivity (Wildman–Crippen MR) is 112 cm³/mol. The number of carbonyl (C=O) groups is 1. The van der Waals surface area contributed by atoms with E-state index in [1.165, 1.54) is 22.3 Å². The van der Waals surface area contributed by atoms with Crippen molar-refractivity contribution in [1.29, 1.82) is 0 Å². The molecule has 0 bridgehead atoms. The standard InChI is InChI=1S/C25H29NO3/c1-18-4-2-3-5-19(18)8-11-29-22-7-6-20-13-24(14-21(20)12-22)15-26(16-24)17-25(9-10-25)23(27)28/h2-7,12H,8-11,13-17H2,1H3,(H,27,28). The first kappa shape index (κ1) is 18.7. The van der Waals surface area contributed by atoms with E-state index in [4.69, 9.17) is 4.74 Å². The first-order valence-electron chi connectivity index (χ1n) is 10.7. The van der Waals surface area contributed by atoms with E-state index in [-0.39, 0.29) is 0 Å². The first-order valence-corrected chi connectivity index (χ1v) is 10.7. The van der Waals surface area contributed by atoms with Gasteiger partial charge in [0.25, 0.3) is 0 Å². The van der Waals surface area contributed by atoms with Gasteiger partial charge in [-0.1, -0.05) is 30.3 Å². The van der Waals surface area contributed by atoms with Gasteiger partial charge in [0.1, 0.15) is 5.75 Å². The minimum Gasteiger partial charge on any atom is -0.493 e. The molecule has 1 saturated carbocycles. The van der Waals surface area contributed by atoms with Crippen LogP contribution in [0, 0.1) is 17.8 Å². The molecule has 0 amide bonds. The SMILES string of the molecule is Cc1ccccc1CCOc1ccc2c(c1)CC1(C2)CN(CC2(C(=O)O)CC2)C1. The summed E-state index contributed by atoms with van der Waals surface area (Å²) in [5.41, 5.74) is 5.39. The lowest BCUT2D eigenvalue weighted by atomic mass is 9.76. The fraction of sp³-hybridized carbons (Fsp3) is 0.480. The lowest BCUT2D eigenvalue weighted by molar-refractivity contribution is -0.145. The fourth-order valence-electron chi connectivity index (χ4n) is 5.33. The number of fused-ring (bicyclic) bond motifs is 1. The van der Waals surface area contributed by atoms with E-state index in [9.17, 15) is 9.90 Å². The van der Waals surface area contributed by atoms with Crippen molar-refractivity contribution >= 4 is 5.97 Å². The number of rotatable bonds is 7. The van der Waals surface area contributed by atoms with Crippen LogP contribution in [0.25, 0.3) is 0 Å². The van der Waals surface area contributed by atoms with Gasteiger partial charge in [0.15, 0.2) is 0 Å². The van der Waals surface area contributed by atoms with Gasteiger partial charge in [0.05, 0.1) is 12.0 Å². The van der Waals surface area contributed by atoms with Crippen LogP contribution < -0.4 is 4.74 Å². The van der Waals surface area contributed by atoms with Crippen LogP contribution in [0.1, 0.15) is 35.1 Å². The van der Waals surface area contributed by atoms with Gasteiger partial charge >= 0.3 is 5.97 Å². The summed E-state index contributed by atoms with van der Waals surface area (Å²) >= 11 is 0. The van der Waals surface area contributed by atoms with E-state index in [1.54, 1.807) is 0 Å². The summed E-state index contributed by atoms with van der Waals surface area (Å²) < 4.78 is 6.06. The van der Waals surface area contributed by atoms with Crippen molar-refractivity contribution in [3.05, 3.63) is 64.7 Å². The maximum Gasteiger partial charge on any atom is 0.310 e. The molecule has 2 aromatic rings. The average molecular weight is 392 g/mol. The first-order chi connectivity index (χ1) is 14.0. The number of ether oxygens (including phenoxy) is 1. The lowest BCUT2D eigenvalue weighted by Gasteiger charge is -2.49. The number of carboxylic acids is 1. The summed E-state index contributed by atoms with van der Waals surface area (Å²) in [5, 5.41) is 9.42. The van der Waals surface area contributed by atoms with Crippen molar-refractivity contribution in [3.63, 3.8) is 0 Å². The highest BCUT2D eigenvalue weighted by Gasteiger charge is 2.55. The third-order valence-corrected chi connectivity index (χ3v) is 7.16. The maximum absolute atomic E-state index is 11.4. The van der Waals surface area contributed by atoms with Gasteiger partial charge in [-0.15, -0.1) is 0 Å². The highest BCUT2D eigenvalue weighted by Crippen LogP contribution is 2.51. The highest BCUT2D eigenvalue weighted by molar-refractivity contribution is 5.78. The van der Waals surface area contributed by atoms with E-state index < -0.39 is 11.4 Å². The van der Waals surface area contributed by atoms with E-state index in [0.717, 1.165) is 57.5 Å². The summed E-state index contributed by atoms with van der Waals surface area (Å²) in [6.07, 6.45) is 4.81. The highest BCUT2D eigenvalue weighted by atomic mass is 16.5. The molecule has 2 fully saturated rings. The molecule has 0 radical (unpaired) electrons. The normalized spacial score (nSPS) is 20.9. The number of benzene rings is 2. The second-order valence-electron chi connectivity index (χ2n) is 9.54. The molecule has 0 atom stereocenters. The van der Waals surface area contributed by atoms with Crippen molar-refractivity contribution in [1.82, 2.24) is 4.90 Å². The molecule has 1 N–H and O–H groups in total. The Morgan fingerprint density at radius 3 is 2.59 bits per heavy atom. The Hall–Kier alpha value is -2.33. The van der Waals surface area contributed by atoms with Crippen molar-refractivity contribution in [3.8, 4) is 5.75 Å². The van der Waals surface area contributed by atoms with Gasteiger partial charge in [0.2, 0.25) is 0 Å². The smallest absolute Gasteiger partial charge is 0.310 e. The Balaban J connectivity index is 1.15. The van der Waals surface area contributed by atoms with Gasteiger partial charge in [0, 0.05) is 31.5 Å². The molecule has 4 nitrogen and oxygen atoms in total. The molecule has 0 unspecified atom stereocenters. The number of nitrogens with zero attached hydrogens (tertiary/aromatic N) is 1. The van der Waals surface area contributed by atoms with Crippen molar-refractivity contribution in [2.24, 2.45) is 10.8 Å². The number of hydrogen-bond acceptors (Lipinski definition) is 3. The Morgan fingerprint density at radius 1 is 1.10 bits per heavy atom. The summed E-state index contributed by atoms with van der Waals surface area (Å²) in [4.78, 5) is 13.8. The molecule has 0 aromatic heterocycles. The molecule has 1 heterocycles. The van der Waals surface area contributed by atoms with Crippen LogP contribution in [0.4, 0.5) is 0 Å².